The van der Waals surface area contributed by atoms with E-state index in [1.807, 2.05) is 6.92 Å². The predicted molar refractivity (Wildman–Crippen MR) is 141 cm³/mol. The average molecular weight is 534 g/mol. The van der Waals surface area contributed by atoms with Gasteiger partial charge in [0.15, 0.2) is 23.5 Å². The second kappa shape index (κ2) is 13.1. The van der Waals surface area contributed by atoms with Gasteiger partial charge in [0.1, 0.15) is 11.7 Å². The van der Waals surface area contributed by atoms with Gasteiger partial charge in [0.05, 0.1) is 12.9 Å². The minimum Gasteiger partial charge on any atom is -0.455 e. The molecule has 0 unspecified atom stereocenters. The van der Waals surface area contributed by atoms with Gasteiger partial charge in [-0.3, -0.25) is 29.3 Å². The van der Waals surface area contributed by atoms with Crippen LogP contribution in [0.25, 0.3) is 11.2 Å². The highest BCUT2D eigenvalue weighted by Gasteiger charge is 2.57. The molecule has 3 rings (SSSR count). The van der Waals surface area contributed by atoms with Gasteiger partial charge in [-0.25, -0.2) is 4.98 Å². The van der Waals surface area contributed by atoms with Crippen LogP contribution in [0.3, 0.4) is 0 Å². The number of ether oxygens (including phenoxy) is 4. The van der Waals surface area contributed by atoms with Crippen molar-refractivity contribution in [3.8, 4) is 0 Å². The molecule has 12 nitrogen and oxygen atoms in total. The summed E-state index contributed by atoms with van der Waals surface area (Å²) in [5, 5.41) is 2.60. The van der Waals surface area contributed by atoms with Crippen molar-refractivity contribution in [1.29, 1.82) is 0 Å². The molecule has 12 heteroatoms. The van der Waals surface area contributed by atoms with E-state index < -0.39 is 35.6 Å². The van der Waals surface area contributed by atoms with Crippen LogP contribution in [-0.4, -0.2) is 69.0 Å². The van der Waals surface area contributed by atoms with Gasteiger partial charge in [-0.05, 0) is 12.8 Å². The van der Waals surface area contributed by atoms with Gasteiger partial charge in [-0.15, -0.1) is 6.58 Å². The molecule has 0 bridgehead atoms. The molecule has 1 saturated heterocycles. The number of H-pyrrole nitrogens is 1. The average Bonchev–Trinajstić information content (AvgIpc) is 3.42. The molecule has 2 aromatic heterocycles. The van der Waals surface area contributed by atoms with E-state index in [2.05, 4.69) is 33.8 Å². The van der Waals surface area contributed by atoms with E-state index in [0.29, 0.717) is 13.2 Å². The smallest absolute Gasteiger partial charge is 0.303 e. The van der Waals surface area contributed by atoms with Crippen molar-refractivity contribution in [2.45, 2.75) is 84.3 Å². The van der Waals surface area contributed by atoms with Crippen molar-refractivity contribution in [2.75, 3.05) is 25.1 Å². The van der Waals surface area contributed by atoms with Crippen LogP contribution in [0, 0.1) is 5.92 Å². The summed E-state index contributed by atoms with van der Waals surface area (Å²) in [7, 11) is 0. The largest absolute Gasteiger partial charge is 0.455 e. The Hall–Kier alpha value is -3.09. The normalized spacial score (nSPS) is 23.2. The number of aromatic nitrogens is 4. The number of fused-ring (bicyclic) bond motifs is 1. The number of imidazole rings is 1. The standard InChI is InChI=1S/C26H39N5O7/c1-7-10-12-35-14-26(9-3)20(36-13-11-8-2)19(37-17(6)32)24(38-26)31-15-27-18-21(31)28-25(30-23(18)34)29-22(33)16(4)5/h9,15-16,19-20,24H,3,7-8,10-14H2,1-2,4-6H3,(H2,28,29,30,33,34)/t19-,20+,24-,26-/m1/s1. The fourth-order valence-electron chi connectivity index (χ4n) is 4.15. The van der Waals surface area contributed by atoms with Crippen LogP contribution < -0.4 is 10.9 Å². The summed E-state index contributed by atoms with van der Waals surface area (Å²) < 4.78 is 26.0. The number of carbonyl (C=O) groups is 2. The van der Waals surface area contributed by atoms with E-state index in [1.165, 1.54) is 17.8 Å². The van der Waals surface area contributed by atoms with E-state index in [-0.39, 0.29) is 35.5 Å². The summed E-state index contributed by atoms with van der Waals surface area (Å²) >= 11 is 0. The second-order valence-corrected chi connectivity index (χ2v) is 9.68. The van der Waals surface area contributed by atoms with Gasteiger partial charge >= 0.3 is 5.97 Å². The summed E-state index contributed by atoms with van der Waals surface area (Å²) in [5.41, 5.74) is -1.51. The summed E-state index contributed by atoms with van der Waals surface area (Å²) in [6.45, 7) is 13.9. The van der Waals surface area contributed by atoms with Gasteiger partial charge in [-0.2, -0.15) is 4.98 Å². The topological polar surface area (TPSA) is 147 Å². The number of hydrogen-bond acceptors (Lipinski definition) is 9. The number of nitrogens with one attached hydrogen (secondary N) is 2. The first-order chi connectivity index (χ1) is 18.2. The van der Waals surface area contributed by atoms with Crippen molar-refractivity contribution >= 4 is 29.0 Å². The van der Waals surface area contributed by atoms with Crippen LogP contribution in [0.15, 0.2) is 23.8 Å². The number of esters is 1. The Bertz CT molecular complexity index is 1180. The first-order valence-electron chi connectivity index (χ1n) is 13.1. The summed E-state index contributed by atoms with van der Waals surface area (Å²) in [6.07, 6.45) is 3.90. The van der Waals surface area contributed by atoms with Crippen molar-refractivity contribution in [2.24, 2.45) is 5.92 Å². The van der Waals surface area contributed by atoms with E-state index in [4.69, 9.17) is 18.9 Å². The first-order valence-corrected chi connectivity index (χ1v) is 13.1. The summed E-state index contributed by atoms with van der Waals surface area (Å²) in [6, 6.07) is 0. The number of aromatic amines is 1. The Morgan fingerprint density at radius 3 is 2.63 bits per heavy atom. The molecule has 0 spiro atoms. The quantitative estimate of drug-likeness (QED) is 0.212. The molecule has 1 amide bonds. The third kappa shape index (κ3) is 6.48. The Balaban J connectivity index is 2.08. The lowest BCUT2D eigenvalue weighted by molar-refractivity contribution is -0.157. The zero-order valence-electron chi connectivity index (χ0n) is 22.8. The third-order valence-corrected chi connectivity index (χ3v) is 6.29. The zero-order valence-corrected chi connectivity index (χ0v) is 22.8. The second-order valence-electron chi connectivity index (χ2n) is 9.68. The number of carbonyl (C=O) groups excluding carboxylic acids is 2. The molecule has 0 aromatic carbocycles. The van der Waals surface area contributed by atoms with Gasteiger partial charge in [-0.1, -0.05) is 46.6 Å². The van der Waals surface area contributed by atoms with Gasteiger partial charge < -0.3 is 18.9 Å². The van der Waals surface area contributed by atoms with Crippen LogP contribution in [0.5, 0.6) is 0 Å². The van der Waals surface area contributed by atoms with Gasteiger partial charge in [0.25, 0.3) is 5.56 Å². The van der Waals surface area contributed by atoms with Gasteiger partial charge in [0, 0.05) is 26.1 Å². The molecule has 210 valence electrons. The van der Waals surface area contributed by atoms with Crippen molar-refractivity contribution in [1.82, 2.24) is 19.5 Å². The molecule has 1 aliphatic rings. The highest BCUT2D eigenvalue weighted by atomic mass is 16.6. The molecule has 38 heavy (non-hydrogen) atoms. The van der Waals surface area contributed by atoms with Gasteiger partial charge in [0.2, 0.25) is 11.9 Å². The molecule has 0 saturated carbocycles. The zero-order chi connectivity index (χ0) is 27.9. The summed E-state index contributed by atoms with van der Waals surface area (Å²) in [4.78, 5) is 48.4. The lowest BCUT2D eigenvalue weighted by atomic mass is 9.95. The van der Waals surface area contributed by atoms with Crippen molar-refractivity contribution < 1.29 is 28.5 Å². The Labute approximate surface area is 222 Å². The maximum Gasteiger partial charge on any atom is 0.303 e. The number of amides is 1. The molecule has 2 N–H and O–H groups in total. The molecular weight excluding hydrogens is 494 g/mol. The van der Waals surface area contributed by atoms with E-state index in [1.54, 1.807) is 19.9 Å². The minimum atomic E-state index is -1.15. The monoisotopic (exact) mass is 533 g/mol. The molecular formula is C26H39N5O7. The maximum absolute atomic E-state index is 12.8. The molecule has 1 aliphatic heterocycles. The van der Waals surface area contributed by atoms with Crippen molar-refractivity contribution in [3.63, 3.8) is 0 Å². The SMILES string of the molecule is C=C[C@]1(COCCCC)O[C@@H](n2cnc3c(=O)[nH]c(NC(=O)C(C)C)nc32)[C@H](OC(C)=O)[C@@H]1OCCCC. The van der Waals surface area contributed by atoms with E-state index >= 15 is 0 Å². The number of hydrogen-bond donors (Lipinski definition) is 2. The lowest BCUT2D eigenvalue weighted by Crippen LogP contribution is -2.48. The molecule has 2 aromatic rings. The Morgan fingerprint density at radius 1 is 1.29 bits per heavy atom. The number of anilines is 1. The van der Waals surface area contributed by atoms with Crippen LogP contribution in [0.2, 0.25) is 0 Å². The molecule has 4 atom stereocenters. The predicted octanol–water partition coefficient (Wildman–Crippen LogP) is 3.10. The maximum atomic E-state index is 12.8. The first kappa shape index (κ1) is 29.5. The van der Waals surface area contributed by atoms with Crippen LogP contribution >= 0.6 is 0 Å². The molecule has 0 aliphatic carbocycles. The number of nitrogens with zero attached hydrogens (tertiary/aromatic N) is 3. The van der Waals surface area contributed by atoms with Crippen LogP contribution in [0.1, 0.15) is 66.5 Å². The Kier molecular flexibility index (Phi) is 10.2. The third-order valence-electron chi connectivity index (χ3n) is 6.29. The molecule has 1 fully saturated rings. The van der Waals surface area contributed by atoms with Crippen LogP contribution in [-0.2, 0) is 28.5 Å². The molecule has 3 heterocycles. The van der Waals surface area contributed by atoms with E-state index in [9.17, 15) is 14.4 Å². The number of rotatable bonds is 14. The summed E-state index contributed by atoms with van der Waals surface area (Å²) in [5.74, 6) is -1.19. The fourth-order valence-corrected chi connectivity index (χ4v) is 4.15. The molecule has 0 radical (unpaired) electrons. The van der Waals surface area contributed by atoms with Crippen LogP contribution in [0.4, 0.5) is 5.95 Å². The van der Waals surface area contributed by atoms with E-state index in [0.717, 1.165) is 25.7 Å². The number of unbranched alkanes of at least 4 members (excludes halogenated alkanes) is 2. The highest BCUT2D eigenvalue weighted by Crippen LogP contribution is 2.43. The van der Waals surface area contributed by atoms with Crippen molar-refractivity contribution in [3.05, 3.63) is 29.3 Å². The minimum absolute atomic E-state index is 0.0291. The lowest BCUT2D eigenvalue weighted by Gasteiger charge is -2.32. The fraction of sp³-hybridized carbons (Fsp3) is 0.654. The highest BCUT2D eigenvalue weighted by molar-refractivity contribution is 5.91. The Morgan fingerprint density at radius 2 is 2.00 bits per heavy atom.